The van der Waals surface area contributed by atoms with Crippen LogP contribution in [0.25, 0.3) is 11.3 Å². The number of benzene rings is 1. The van der Waals surface area contributed by atoms with Crippen LogP contribution in [0.1, 0.15) is 49.2 Å². The van der Waals surface area contributed by atoms with Gasteiger partial charge in [-0.05, 0) is 26.2 Å². The van der Waals surface area contributed by atoms with Gasteiger partial charge in [-0.1, -0.05) is 55.0 Å². The van der Waals surface area contributed by atoms with Gasteiger partial charge in [0.05, 0.1) is 18.1 Å². The van der Waals surface area contributed by atoms with Crippen LogP contribution in [-0.4, -0.2) is 54.5 Å². The van der Waals surface area contributed by atoms with Crippen molar-refractivity contribution in [3.8, 4) is 11.3 Å². The zero-order chi connectivity index (χ0) is 22.4. The molecule has 1 aliphatic rings. The highest BCUT2D eigenvalue weighted by molar-refractivity contribution is 7.89. The molecule has 10 heteroatoms. The lowest BCUT2D eigenvalue weighted by molar-refractivity contribution is -0.120. The first-order valence-electron chi connectivity index (χ1n) is 10.4. The van der Waals surface area contributed by atoms with Crippen molar-refractivity contribution in [1.82, 2.24) is 9.29 Å². The third-order valence-electron chi connectivity index (χ3n) is 4.94. The summed E-state index contributed by atoms with van der Waals surface area (Å²) in [5.74, 6) is -0.925. The minimum absolute atomic E-state index is 0.0131. The molecule has 2 aromatic rings. The van der Waals surface area contributed by atoms with Gasteiger partial charge in [-0.3, -0.25) is 4.79 Å². The van der Waals surface area contributed by atoms with E-state index in [0.717, 1.165) is 29.7 Å². The van der Waals surface area contributed by atoms with E-state index in [9.17, 15) is 18.0 Å². The van der Waals surface area contributed by atoms with Crippen LogP contribution in [0.5, 0.6) is 0 Å². The van der Waals surface area contributed by atoms with Crippen LogP contribution < -0.4 is 5.32 Å². The number of carbonyl (C=O) groups excluding carboxylic acids is 2. The lowest BCUT2D eigenvalue weighted by atomic mass is 10.0. The quantitative estimate of drug-likeness (QED) is 0.598. The zero-order valence-electron chi connectivity index (χ0n) is 17.7. The second kappa shape index (κ2) is 10.3. The average molecular weight is 466 g/mol. The molecule has 1 N–H and O–H groups in total. The van der Waals surface area contributed by atoms with Crippen molar-refractivity contribution in [3.05, 3.63) is 35.2 Å². The number of amides is 1. The Morgan fingerprint density at radius 3 is 2.65 bits per heavy atom. The molecular formula is C21H27N3O5S2. The molecule has 0 saturated carbocycles. The normalized spacial score (nSPS) is 17.3. The van der Waals surface area contributed by atoms with Gasteiger partial charge in [0.2, 0.25) is 15.9 Å². The number of hydrogen-bond acceptors (Lipinski definition) is 7. The second-order valence-corrected chi connectivity index (χ2v) is 10.3. The zero-order valence-corrected chi connectivity index (χ0v) is 19.3. The molecule has 2 heterocycles. The second-order valence-electron chi connectivity index (χ2n) is 7.21. The monoisotopic (exact) mass is 465 g/mol. The Hall–Kier alpha value is -2.30. The number of hydrogen-bond donors (Lipinski definition) is 1. The van der Waals surface area contributed by atoms with Crippen LogP contribution in [-0.2, 0) is 19.6 Å². The van der Waals surface area contributed by atoms with Gasteiger partial charge >= 0.3 is 5.97 Å². The maximum atomic E-state index is 13.0. The molecule has 0 bridgehead atoms. The van der Waals surface area contributed by atoms with Gasteiger partial charge in [0, 0.05) is 12.1 Å². The molecule has 1 aromatic carbocycles. The summed E-state index contributed by atoms with van der Waals surface area (Å²) < 4.78 is 31.7. The highest BCUT2D eigenvalue weighted by atomic mass is 32.2. The predicted octanol–water partition coefficient (Wildman–Crippen LogP) is 3.52. The minimum atomic E-state index is -3.51. The Morgan fingerprint density at radius 2 is 1.97 bits per heavy atom. The number of anilines is 1. The van der Waals surface area contributed by atoms with Gasteiger partial charge < -0.3 is 10.1 Å². The van der Waals surface area contributed by atoms with E-state index >= 15 is 0 Å². The molecule has 8 nitrogen and oxygen atoms in total. The SMILES string of the molecule is CCCS(=O)(=O)N1CCCCC1C(=O)Nc1nc(-c2ccccc2)c(C(=O)OCC)s1. The van der Waals surface area contributed by atoms with Gasteiger partial charge in [0.25, 0.3) is 0 Å². The summed E-state index contributed by atoms with van der Waals surface area (Å²) in [6.07, 6.45) is 2.45. The molecule has 1 aromatic heterocycles. The molecule has 31 heavy (non-hydrogen) atoms. The van der Waals surface area contributed by atoms with E-state index in [2.05, 4.69) is 10.3 Å². The Balaban J connectivity index is 1.87. The standard InChI is InChI=1S/C21H27N3O5S2/c1-3-14-31(27,28)24-13-9-8-12-16(24)19(25)23-21-22-17(15-10-6-5-7-11-15)18(30-21)20(26)29-4-2/h5-7,10-11,16H,3-4,8-9,12-14H2,1-2H3,(H,22,23,25). The first kappa shape index (κ1) is 23.4. The molecule has 1 aliphatic heterocycles. The molecule has 0 radical (unpaired) electrons. The van der Waals surface area contributed by atoms with Crippen molar-refractivity contribution in [3.63, 3.8) is 0 Å². The van der Waals surface area contributed by atoms with Crippen molar-refractivity contribution >= 4 is 38.4 Å². The van der Waals surface area contributed by atoms with Crippen molar-refractivity contribution in [2.75, 3.05) is 24.2 Å². The number of thiazole rings is 1. The number of sulfonamides is 1. The topological polar surface area (TPSA) is 106 Å². The van der Waals surface area contributed by atoms with Crippen LogP contribution in [0.3, 0.4) is 0 Å². The molecule has 1 unspecified atom stereocenters. The molecule has 0 spiro atoms. The maximum absolute atomic E-state index is 13.0. The minimum Gasteiger partial charge on any atom is -0.462 e. The van der Waals surface area contributed by atoms with E-state index in [1.165, 1.54) is 4.31 Å². The molecule has 1 saturated heterocycles. The van der Waals surface area contributed by atoms with Crippen LogP contribution in [0.4, 0.5) is 5.13 Å². The predicted molar refractivity (Wildman–Crippen MR) is 121 cm³/mol. The largest absolute Gasteiger partial charge is 0.462 e. The number of aromatic nitrogens is 1. The molecular weight excluding hydrogens is 438 g/mol. The first-order valence-corrected chi connectivity index (χ1v) is 12.8. The van der Waals surface area contributed by atoms with Gasteiger partial charge in [0.15, 0.2) is 5.13 Å². The number of nitrogens with zero attached hydrogens (tertiary/aromatic N) is 2. The summed E-state index contributed by atoms with van der Waals surface area (Å²) in [6.45, 7) is 4.08. The fraction of sp³-hybridized carbons (Fsp3) is 0.476. The Kier molecular flexibility index (Phi) is 7.79. The van der Waals surface area contributed by atoms with Crippen LogP contribution in [0.2, 0.25) is 0 Å². The van der Waals surface area contributed by atoms with Gasteiger partial charge in [-0.15, -0.1) is 0 Å². The molecule has 168 valence electrons. The summed E-state index contributed by atoms with van der Waals surface area (Å²) >= 11 is 1.03. The number of ether oxygens (including phenoxy) is 1. The molecule has 3 rings (SSSR count). The van der Waals surface area contributed by atoms with Crippen LogP contribution in [0, 0.1) is 0 Å². The molecule has 0 aliphatic carbocycles. The molecule has 1 fully saturated rings. The number of carbonyl (C=O) groups is 2. The lowest BCUT2D eigenvalue weighted by Crippen LogP contribution is -2.50. The Labute approximate surface area is 186 Å². The Morgan fingerprint density at radius 1 is 1.23 bits per heavy atom. The van der Waals surface area contributed by atoms with Crippen LogP contribution >= 0.6 is 11.3 Å². The van der Waals surface area contributed by atoms with E-state index in [0.29, 0.717) is 30.0 Å². The first-order chi connectivity index (χ1) is 14.9. The highest BCUT2D eigenvalue weighted by Gasteiger charge is 2.36. The summed E-state index contributed by atoms with van der Waals surface area (Å²) in [4.78, 5) is 30.2. The van der Waals surface area contributed by atoms with E-state index in [-0.39, 0.29) is 17.5 Å². The van der Waals surface area contributed by atoms with E-state index < -0.39 is 27.9 Å². The van der Waals surface area contributed by atoms with Crippen molar-refractivity contribution in [2.24, 2.45) is 0 Å². The number of rotatable bonds is 8. The number of esters is 1. The van der Waals surface area contributed by atoms with E-state index in [4.69, 9.17) is 4.74 Å². The fourth-order valence-electron chi connectivity index (χ4n) is 3.56. The number of piperidine rings is 1. The average Bonchev–Trinajstić information content (AvgIpc) is 3.18. The van der Waals surface area contributed by atoms with Crippen molar-refractivity contribution < 1.29 is 22.7 Å². The number of nitrogens with one attached hydrogen (secondary N) is 1. The smallest absolute Gasteiger partial charge is 0.350 e. The summed E-state index contributed by atoms with van der Waals surface area (Å²) in [5.41, 5.74) is 1.16. The van der Waals surface area contributed by atoms with Crippen molar-refractivity contribution in [2.45, 2.75) is 45.6 Å². The molecule has 1 amide bonds. The van der Waals surface area contributed by atoms with Crippen molar-refractivity contribution in [1.29, 1.82) is 0 Å². The van der Waals surface area contributed by atoms with Gasteiger partial charge in [-0.25, -0.2) is 18.2 Å². The fourth-order valence-corrected chi connectivity index (χ4v) is 6.20. The van der Waals surface area contributed by atoms with Gasteiger partial charge in [0.1, 0.15) is 10.9 Å². The summed E-state index contributed by atoms with van der Waals surface area (Å²) in [6, 6.07) is 8.39. The lowest BCUT2D eigenvalue weighted by Gasteiger charge is -2.33. The van der Waals surface area contributed by atoms with E-state index in [1.54, 1.807) is 13.8 Å². The summed E-state index contributed by atoms with van der Waals surface area (Å²) in [5, 5.41) is 2.98. The maximum Gasteiger partial charge on any atom is 0.350 e. The molecule has 1 atom stereocenters. The third-order valence-corrected chi connectivity index (χ3v) is 7.97. The van der Waals surface area contributed by atoms with Gasteiger partial charge in [-0.2, -0.15) is 4.31 Å². The summed E-state index contributed by atoms with van der Waals surface area (Å²) in [7, 11) is -3.51. The van der Waals surface area contributed by atoms with E-state index in [1.807, 2.05) is 30.3 Å². The van der Waals surface area contributed by atoms with Crippen LogP contribution in [0.15, 0.2) is 30.3 Å². The third kappa shape index (κ3) is 5.50. The Bertz CT molecular complexity index is 1020. The highest BCUT2D eigenvalue weighted by Crippen LogP contribution is 2.32.